The summed E-state index contributed by atoms with van der Waals surface area (Å²) in [5.74, 6) is -0.171. The fourth-order valence-corrected chi connectivity index (χ4v) is 2.79. The summed E-state index contributed by atoms with van der Waals surface area (Å²) in [7, 11) is 0. The van der Waals surface area contributed by atoms with Gasteiger partial charge in [0.2, 0.25) is 0 Å². The highest BCUT2D eigenvalue weighted by Gasteiger charge is 2.30. The molecule has 1 fully saturated rings. The third-order valence-electron chi connectivity index (χ3n) is 3.40. The highest BCUT2D eigenvalue weighted by atomic mass is 32.2. The summed E-state index contributed by atoms with van der Waals surface area (Å²) in [6.07, 6.45) is 2.24. The van der Waals surface area contributed by atoms with E-state index in [1.54, 1.807) is 23.9 Å². The van der Waals surface area contributed by atoms with Crippen LogP contribution in [0.15, 0.2) is 24.3 Å². The van der Waals surface area contributed by atoms with Crippen LogP contribution in [-0.4, -0.2) is 42.0 Å². The molecule has 1 amide bonds. The average molecular weight is 309 g/mol. The Kier molecular flexibility index (Phi) is 5.64. The van der Waals surface area contributed by atoms with E-state index >= 15 is 0 Å². The monoisotopic (exact) mass is 309 g/mol. The zero-order valence-corrected chi connectivity index (χ0v) is 12.7. The van der Waals surface area contributed by atoms with Crippen molar-refractivity contribution in [2.24, 2.45) is 0 Å². The van der Waals surface area contributed by atoms with Crippen molar-refractivity contribution in [2.45, 2.75) is 30.8 Å². The summed E-state index contributed by atoms with van der Waals surface area (Å²) in [6, 6.07) is 7.49. The number of carboxylic acids is 1. The summed E-state index contributed by atoms with van der Waals surface area (Å²) in [4.78, 5) is 22.8. The number of rotatable bonds is 6. The van der Waals surface area contributed by atoms with E-state index in [2.05, 4.69) is 5.32 Å². The molecule has 0 saturated carbocycles. The van der Waals surface area contributed by atoms with Gasteiger partial charge in [0.1, 0.15) is 0 Å². The van der Waals surface area contributed by atoms with E-state index in [0.29, 0.717) is 24.9 Å². The van der Waals surface area contributed by atoms with Crippen molar-refractivity contribution >= 4 is 23.6 Å². The van der Waals surface area contributed by atoms with Crippen LogP contribution in [0.4, 0.5) is 0 Å². The Morgan fingerprint density at radius 2 is 2.05 bits per heavy atom. The van der Waals surface area contributed by atoms with Crippen LogP contribution in [0.2, 0.25) is 0 Å². The van der Waals surface area contributed by atoms with Crippen molar-refractivity contribution in [1.29, 1.82) is 0 Å². The van der Waals surface area contributed by atoms with E-state index in [0.717, 1.165) is 5.75 Å². The number of thioether (sulfide) groups is 1. The minimum Gasteiger partial charge on any atom is -0.479 e. The Bertz CT molecular complexity index is 503. The van der Waals surface area contributed by atoms with Gasteiger partial charge in [0, 0.05) is 17.9 Å². The minimum atomic E-state index is -0.937. The Morgan fingerprint density at radius 3 is 2.62 bits per heavy atom. The Labute approximate surface area is 128 Å². The molecule has 0 bridgehead atoms. The van der Waals surface area contributed by atoms with Crippen molar-refractivity contribution in [3.05, 3.63) is 35.4 Å². The molecule has 1 aliphatic rings. The van der Waals surface area contributed by atoms with Crippen molar-refractivity contribution in [3.63, 3.8) is 0 Å². The third kappa shape index (κ3) is 4.47. The summed E-state index contributed by atoms with van der Waals surface area (Å²) >= 11 is 1.73. The topological polar surface area (TPSA) is 75.6 Å². The number of hydrogen-bond donors (Lipinski definition) is 2. The molecule has 2 N–H and O–H groups in total. The number of aliphatic carboxylic acids is 1. The van der Waals surface area contributed by atoms with Crippen LogP contribution in [0, 0.1) is 0 Å². The highest BCUT2D eigenvalue weighted by molar-refractivity contribution is 7.97. The Morgan fingerprint density at radius 1 is 1.33 bits per heavy atom. The second-order valence-electron chi connectivity index (χ2n) is 5.00. The highest BCUT2D eigenvalue weighted by Crippen LogP contribution is 2.19. The van der Waals surface area contributed by atoms with E-state index in [1.807, 2.05) is 18.4 Å². The molecule has 0 spiro atoms. The van der Waals surface area contributed by atoms with Crippen LogP contribution in [0.3, 0.4) is 0 Å². The van der Waals surface area contributed by atoms with Gasteiger partial charge in [0.25, 0.3) is 5.91 Å². The van der Waals surface area contributed by atoms with Gasteiger partial charge in [-0.1, -0.05) is 12.1 Å². The lowest BCUT2D eigenvalue weighted by atomic mass is 10.1. The fraction of sp³-hybridized carbons (Fsp3) is 0.467. The number of carbonyl (C=O) groups excluding carboxylic acids is 1. The standard InChI is InChI=1S/C15H19NO4S/c1-21-9-10-2-4-11(5-3-10)14(17)16-8-12-6-7-13(20-12)15(18)19/h2-5,12-13H,6-9H2,1H3,(H,16,17)(H,18,19). The number of amides is 1. The number of carbonyl (C=O) groups is 2. The zero-order chi connectivity index (χ0) is 15.2. The molecule has 2 atom stereocenters. The number of ether oxygens (including phenoxy) is 1. The minimum absolute atomic E-state index is 0.159. The first-order valence-electron chi connectivity index (χ1n) is 6.84. The second kappa shape index (κ2) is 7.47. The van der Waals surface area contributed by atoms with Gasteiger partial charge in [-0.05, 0) is 36.8 Å². The second-order valence-corrected chi connectivity index (χ2v) is 5.87. The number of benzene rings is 1. The van der Waals surface area contributed by atoms with Crippen LogP contribution in [0.25, 0.3) is 0 Å². The van der Waals surface area contributed by atoms with Gasteiger partial charge < -0.3 is 15.2 Å². The summed E-state index contributed by atoms with van der Waals surface area (Å²) < 4.78 is 5.34. The number of hydrogen-bond acceptors (Lipinski definition) is 4. The van der Waals surface area contributed by atoms with Gasteiger partial charge in [-0.15, -0.1) is 0 Å². The predicted octanol–water partition coefficient (Wildman–Crippen LogP) is 1.91. The van der Waals surface area contributed by atoms with Crippen LogP contribution < -0.4 is 5.32 Å². The number of nitrogens with one attached hydrogen (secondary N) is 1. The van der Waals surface area contributed by atoms with Gasteiger partial charge in [-0.3, -0.25) is 4.79 Å². The number of carboxylic acid groups (broad SMARTS) is 1. The van der Waals surface area contributed by atoms with Crippen molar-refractivity contribution in [1.82, 2.24) is 5.32 Å². The SMILES string of the molecule is CSCc1ccc(C(=O)NCC2CCC(C(=O)O)O2)cc1. The quantitative estimate of drug-likeness (QED) is 0.839. The first kappa shape index (κ1) is 15.9. The zero-order valence-electron chi connectivity index (χ0n) is 11.9. The van der Waals surface area contributed by atoms with Crippen LogP contribution in [0.5, 0.6) is 0 Å². The molecule has 1 aromatic carbocycles. The molecule has 21 heavy (non-hydrogen) atoms. The summed E-state index contributed by atoms with van der Waals surface area (Å²) in [5, 5.41) is 11.6. The van der Waals surface area contributed by atoms with Gasteiger partial charge in [-0.25, -0.2) is 4.79 Å². The average Bonchev–Trinajstić information content (AvgIpc) is 2.95. The smallest absolute Gasteiger partial charge is 0.332 e. The van der Waals surface area contributed by atoms with E-state index in [4.69, 9.17) is 9.84 Å². The lowest BCUT2D eigenvalue weighted by Crippen LogP contribution is -2.33. The van der Waals surface area contributed by atoms with E-state index in [1.165, 1.54) is 5.56 Å². The maximum absolute atomic E-state index is 12.0. The molecule has 6 heteroatoms. The van der Waals surface area contributed by atoms with Crippen molar-refractivity contribution in [3.8, 4) is 0 Å². The lowest BCUT2D eigenvalue weighted by molar-refractivity contribution is -0.149. The predicted molar refractivity (Wildman–Crippen MR) is 81.5 cm³/mol. The van der Waals surface area contributed by atoms with Gasteiger partial charge in [-0.2, -0.15) is 11.8 Å². The molecule has 2 unspecified atom stereocenters. The normalized spacial score (nSPS) is 21.2. The molecular formula is C15H19NO4S. The molecule has 1 heterocycles. The molecule has 2 rings (SSSR count). The van der Waals surface area contributed by atoms with Crippen molar-refractivity contribution in [2.75, 3.05) is 12.8 Å². The lowest BCUT2D eigenvalue weighted by Gasteiger charge is -2.12. The van der Waals surface area contributed by atoms with Crippen LogP contribution in [-0.2, 0) is 15.3 Å². The Hall–Kier alpha value is -1.53. The van der Waals surface area contributed by atoms with Crippen LogP contribution in [0.1, 0.15) is 28.8 Å². The largest absolute Gasteiger partial charge is 0.479 e. The molecule has 5 nitrogen and oxygen atoms in total. The summed E-state index contributed by atoms with van der Waals surface area (Å²) in [5.41, 5.74) is 1.79. The Balaban J connectivity index is 1.80. The maximum atomic E-state index is 12.0. The van der Waals surface area contributed by atoms with Gasteiger partial charge in [0.05, 0.1) is 6.10 Å². The first-order chi connectivity index (χ1) is 10.1. The molecular weight excluding hydrogens is 290 g/mol. The molecule has 1 saturated heterocycles. The maximum Gasteiger partial charge on any atom is 0.332 e. The van der Waals surface area contributed by atoms with Crippen molar-refractivity contribution < 1.29 is 19.4 Å². The van der Waals surface area contributed by atoms with E-state index in [9.17, 15) is 9.59 Å². The van der Waals surface area contributed by atoms with E-state index < -0.39 is 12.1 Å². The molecule has 1 aliphatic heterocycles. The molecule has 0 aliphatic carbocycles. The molecule has 1 aromatic rings. The molecule has 0 aromatic heterocycles. The third-order valence-corrected chi connectivity index (χ3v) is 4.02. The summed E-state index contributed by atoms with van der Waals surface area (Å²) in [6.45, 7) is 0.342. The molecule has 0 radical (unpaired) electrons. The van der Waals surface area contributed by atoms with Gasteiger partial charge >= 0.3 is 5.97 Å². The van der Waals surface area contributed by atoms with Crippen LogP contribution >= 0.6 is 11.8 Å². The fourth-order valence-electron chi connectivity index (χ4n) is 2.27. The first-order valence-corrected chi connectivity index (χ1v) is 8.24. The molecule has 114 valence electrons. The van der Waals surface area contributed by atoms with E-state index in [-0.39, 0.29) is 12.0 Å². The van der Waals surface area contributed by atoms with Gasteiger partial charge in [0.15, 0.2) is 6.10 Å².